The normalized spacial score (nSPS) is 17.1. The van der Waals surface area contributed by atoms with Gasteiger partial charge in [-0.3, -0.25) is 0 Å². The second kappa shape index (κ2) is 7.67. The summed E-state index contributed by atoms with van der Waals surface area (Å²) in [4.78, 5) is 10.5. The van der Waals surface area contributed by atoms with Crippen molar-refractivity contribution in [1.82, 2.24) is 0 Å². The van der Waals surface area contributed by atoms with Crippen molar-refractivity contribution in [3.8, 4) is 0 Å². The Morgan fingerprint density at radius 2 is 2.00 bits per heavy atom. The van der Waals surface area contributed by atoms with E-state index in [1.165, 1.54) is 37.7 Å². The summed E-state index contributed by atoms with van der Waals surface area (Å²) in [5, 5.41) is 12.1. The monoisotopic (exact) mass is 285 g/mol. The Balaban J connectivity index is 1.96. The molecule has 0 heterocycles. The van der Waals surface area contributed by atoms with Crippen molar-refractivity contribution < 1.29 is 9.90 Å². The molecule has 2 N–H and O–H groups in total. The molecule has 0 saturated heterocycles. The summed E-state index contributed by atoms with van der Waals surface area (Å²) in [6.45, 7) is 2.20. The number of carboxylic acid groups (broad SMARTS) is 1. The maximum atomic E-state index is 10.5. The van der Waals surface area contributed by atoms with E-state index >= 15 is 0 Å². The lowest BCUT2D eigenvalue weighted by Gasteiger charge is -2.18. The Morgan fingerprint density at radius 1 is 1.24 bits per heavy atom. The molecule has 0 aromatic heterocycles. The van der Waals surface area contributed by atoms with Gasteiger partial charge in [-0.05, 0) is 56.4 Å². The number of benzene rings is 1. The second-order valence-corrected chi connectivity index (χ2v) is 5.54. The number of anilines is 1. The highest BCUT2D eigenvalue weighted by Gasteiger charge is 2.10. The Bertz CT molecular complexity index is 529. The summed E-state index contributed by atoms with van der Waals surface area (Å²) in [6, 6.07) is 8.19. The number of rotatable bonds is 5. The Hall–Kier alpha value is -2.03. The third kappa shape index (κ3) is 5.10. The molecule has 1 aliphatic rings. The molecule has 1 unspecified atom stereocenters. The van der Waals surface area contributed by atoms with E-state index in [2.05, 4.69) is 18.3 Å². The smallest absolute Gasteiger partial charge is 0.328 e. The molecule has 112 valence electrons. The highest BCUT2D eigenvalue weighted by Crippen LogP contribution is 2.22. The summed E-state index contributed by atoms with van der Waals surface area (Å²) >= 11 is 0. The van der Waals surface area contributed by atoms with Crippen LogP contribution in [0.2, 0.25) is 0 Å². The van der Waals surface area contributed by atoms with Gasteiger partial charge in [-0.15, -0.1) is 0 Å². The molecule has 1 atom stereocenters. The number of hydrogen-bond donors (Lipinski definition) is 2. The number of carboxylic acids is 1. The van der Waals surface area contributed by atoms with E-state index in [0.717, 1.165) is 17.3 Å². The topological polar surface area (TPSA) is 49.3 Å². The van der Waals surface area contributed by atoms with Crippen molar-refractivity contribution in [3.05, 3.63) is 47.6 Å². The summed E-state index contributed by atoms with van der Waals surface area (Å²) in [5.41, 5.74) is 3.46. The first kappa shape index (κ1) is 15.4. The average molecular weight is 285 g/mol. The third-order valence-corrected chi connectivity index (χ3v) is 3.84. The van der Waals surface area contributed by atoms with Crippen molar-refractivity contribution in [2.24, 2.45) is 0 Å². The molecule has 0 fully saturated rings. The molecule has 1 aromatic carbocycles. The van der Waals surface area contributed by atoms with Gasteiger partial charge in [0.25, 0.3) is 0 Å². The average Bonchev–Trinajstić information content (AvgIpc) is 2.75. The molecule has 21 heavy (non-hydrogen) atoms. The summed E-state index contributed by atoms with van der Waals surface area (Å²) < 4.78 is 0. The first-order valence-corrected chi connectivity index (χ1v) is 7.61. The van der Waals surface area contributed by atoms with Gasteiger partial charge in [-0.1, -0.05) is 30.2 Å². The van der Waals surface area contributed by atoms with Crippen LogP contribution in [-0.2, 0) is 4.79 Å². The van der Waals surface area contributed by atoms with Crippen LogP contribution in [0.25, 0.3) is 6.08 Å². The van der Waals surface area contributed by atoms with Gasteiger partial charge in [0.2, 0.25) is 0 Å². The van der Waals surface area contributed by atoms with Crippen LogP contribution in [0.15, 0.2) is 42.0 Å². The van der Waals surface area contributed by atoms with E-state index < -0.39 is 5.97 Å². The number of carbonyl (C=O) groups is 1. The minimum absolute atomic E-state index is 0.350. The van der Waals surface area contributed by atoms with Gasteiger partial charge in [0.05, 0.1) is 0 Å². The Kier molecular flexibility index (Phi) is 5.61. The molecule has 0 bridgehead atoms. The molecule has 1 aromatic rings. The van der Waals surface area contributed by atoms with Crippen LogP contribution in [0.3, 0.4) is 0 Å². The van der Waals surface area contributed by atoms with Gasteiger partial charge < -0.3 is 10.4 Å². The quantitative estimate of drug-likeness (QED) is 0.619. The first-order chi connectivity index (χ1) is 10.1. The van der Waals surface area contributed by atoms with Gasteiger partial charge >= 0.3 is 5.97 Å². The molecule has 2 rings (SSSR count). The van der Waals surface area contributed by atoms with Crippen LogP contribution < -0.4 is 5.32 Å². The number of hydrogen-bond acceptors (Lipinski definition) is 2. The molecule has 3 heteroatoms. The summed E-state index contributed by atoms with van der Waals surface area (Å²) in [5.74, 6) is -0.925. The molecular formula is C18H23NO2. The van der Waals surface area contributed by atoms with E-state index in [-0.39, 0.29) is 0 Å². The first-order valence-electron chi connectivity index (χ1n) is 7.61. The van der Waals surface area contributed by atoms with Crippen LogP contribution in [0.1, 0.15) is 44.6 Å². The van der Waals surface area contributed by atoms with E-state index in [1.807, 2.05) is 24.3 Å². The summed E-state index contributed by atoms with van der Waals surface area (Å²) in [7, 11) is 0. The molecule has 0 radical (unpaired) electrons. The van der Waals surface area contributed by atoms with Crippen LogP contribution in [0, 0.1) is 0 Å². The van der Waals surface area contributed by atoms with Crippen molar-refractivity contribution in [2.45, 2.75) is 45.1 Å². The fraction of sp³-hybridized carbons (Fsp3) is 0.389. The van der Waals surface area contributed by atoms with Gasteiger partial charge in [0, 0.05) is 17.8 Å². The van der Waals surface area contributed by atoms with Crippen molar-refractivity contribution in [2.75, 3.05) is 5.32 Å². The molecule has 0 spiro atoms. The predicted molar refractivity (Wildman–Crippen MR) is 87.4 cm³/mol. The lowest BCUT2D eigenvalue weighted by molar-refractivity contribution is -0.131. The van der Waals surface area contributed by atoms with Crippen LogP contribution in [0.5, 0.6) is 0 Å². The Morgan fingerprint density at radius 3 is 2.71 bits per heavy atom. The van der Waals surface area contributed by atoms with Crippen molar-refractivity contribution in [3.63, 3.8) is 0 Å². The SMILES string of the molecule is CC(Nc1ccc(C=CC(=O)O)cc1)C1=CCCCCC1. The largest absolute Gasteiger partial charge is 0.478 e. The number of nitrogens with one attached hydrogen (secondary N) is 1. The zero-order valence-corrected chi connectivity index (χ0v) is 12.5. The highest BCUT2D eigenvalue weighted by molar-refractivity contribution is 5.85. The highest BCUT2D eigenvalue weighted by atomic mass is 16.4. The third-order valence-electron chi connectivity index (χ3n) is 3.84. The molecule has 1 aliphatic carbocycles. The predicted octanol–water partition coefficient (Wildman–Crippen LogP) is 4.48. The minimum Gasteiger partial charge on any atom is -0.478 e. The van der Waals surface area contributed by atoms with E-state index in [0.29, 0.717) is 6.04 Å². The fourth-order valence-corrected chi connectivity index (χ4v) is 2.63. The molecule has 0 aliphatic heterocycles. The molecular weight excluding hydrogens is 262 g/mol. The summed E-state index contributed by atoms with van der Waals surface area (Å²) in [6.07, 6.45) is 11.4. The maximum absolute atomic E-state index is 10.5. The standard InChI is InChI=1S/C18H23NO2/c1-14(16-6-4-2-3-5-7-16)19-17-11-8-15(9-12-17)10-13-18(20)21/h6,8-14,19H,2-5,7H2,1H3,(H,20,21). The lowest BCUT2D eigenvalue weighted by Crippen LogP contribution is -2.17. The second-order valence-electron chi connectivity index (χ2n) is 5.54. The van der Waals surface area contributed by atoms with Crippen LogP contribution in [-0.4, -0.2) is 17.1 Å². The van der Waals surface area contributed by atoms with Gasteiger partial charge in [0.15, 0.2) is 0 Å². The van der Waals surface area contributed by atoms with Crippen LogP contribution >= 0.6 is 0 Å². The maximum Gasteiger partial charge on any atom is 0.328 e. The van der Waals surface area contributed by atoms with E-state index in [1.54, 1.807) is 6.08 Å². The van der Waals surface area contributed by atoms with Gasteiger partial charge in [-0.2, -0.15) is 0 Å². The van der Waals surface area contributed by atoms with Crippen molar-refractivity contribution >= 4 is 17.7 Å². The van der Waals surface area contributed by atoms with E-state index in [4.69, 9.17) is 5.11 Å². The zero-order valence-electron chi connectivity index (χ0n) is 12.5. The number of allylic oxidation sites excluding steroid dienone is 1. The number of aliphatic carboxylic acids is 1. The fourth-order valence-electron chi connectivity index (χ4n) is 2.63. The molecule has 0 amide bonds. The van der Waals surface area contributed by atoms with Crippen LogP contribution in [0.4, 0.5) is 5.69 Å². The Labute approximate surface area is 126 Å². The van der Waals surface area contributed by atoms with E-state index in [9.17, 15) is 4.79 Å². The zero-order chi connectivity index (χ0) is 15.1. The minimum atomic E-state index is -0.925. The lowest BCUT2D eigenvalue weighted by atomic mass is 10.0. The van der Waals surface area contributed by atoms with Gasteiger partial charge in [0.1, 0.15) is 0 Å². The molecule has 0 saturated carbocycles. The van der Waals surface area contributed by atoms with Crippen molar-refractivity contribution in [1.29, 1.82) is 0 Å². The molecule has 3 nitrogen and oxygen atoms in total. The van der Waals surface area contributed by atoms with Gasteiger partial charge in [-0.25, -0.2) is 4.79 Å².